The van der Waals surface area contributed by atoms with Gasteiger partial charge in [-0.3, -0.25) is 0 Å². The smallest absolute Gasteiger partial charge is 0.150 e. The molecule has 0 amide bonds. The fourth-order valence-electron chi connectivity index (χ4n) is 1.25. The van der Waals surface area contributed by atoms with Crippen LogP contribution in [0.4, 0.5) is 0 Å². The molecule has 1 saturated carbocycles. The molecule has 1 saturated heterocycles. The van der Waals surface area contributed by atoms with E-state index in [1.165, 1.54) is 0 Å². The number of hydrogen-bond acceptors (Lipinski definition) is 1. The van der Waals surface area contributed by atoms with Gasteiger partial charge in [0.2, 0.25) is 0 Å². The Bertz CT molecular complexity index is 112. The molecule has 0 bridgehead atoms. The molecule has 1 heterocycles. The predicted octanol–water partition coefficient (Wildman–Crippen LogP) is 1.58. The Kier molecular flexibility index (Phi) is 0.891. The van der Waals surface area contributed by atoms with Crippen LogP contribution in [0.15, 0.2) is 0 Å². The molecule has 2 aliphatic rings. The van der Waals surface area contributed by atoms with E-state index in [0.717, 1.165) is 13.0 Å². The second-order valence-corrected chi connectivity index (χ2v) is 3.81. The molecule has 1 aliphatic heterocycles. The van der Waals surface area contributed by atoms with Crippen molar-refractivity contribution in [3.05, 3.63) is 0 Å². The van der Waals surface area contributed by atoms with E-state index in [2.05, 4.69) is 0 Å². The number of halogens is 2. The first-order chi connectivity index (χ1) is 3.73. The number of ether oxygens (including phenoxy) is 1. The highest BCUT2D eigenvalue weighted by molar-refractivity contribution is 6.51. The van der Waals surface area contributed by atoms with Gasteiger partial charge in [0.25, 0.3) is 0 Å². The van der Waals surface area contributed by atoms with Crippen LogP contribution in [0.5, 0.6) is 0 Å². The van der Waals surface area contributed by atoms with Gasteiger partial charge < -0.3 is 4.74 Å². The molecule has 0 spiro atoms. The van der Waals surface area contributed by atoms with Gasteiger partial charge in [-0.25, -0.2) is 0 Å². The first-order valence-corrected chi connectivity index (χ1v) is 3.48. The summed E-state index contributed by atoms with van der Waals surface area (Å²) >= 11 is 11.5. The molecule has 0 aromatic rings. The Hall–Kier alpha value is 0.540. The van der Waals surface area contributed by atoms with Crippen molar-refractivity contribution in [1.82, 2.24) is 0 Å². The van der Waals surface area contributed by atoms with E-state index in [4.69, 9.17) is 27.9 Å². The maximum Gasteiger partial charge on any atom is 0.150 e. The lowest BCUT2D eigenvalue weighted by Gasteiger charge is -2.00. The molecule has 2 fully saturated rings. The minimum absolute atomic E-state index is 0.158. The van der Waals surface area contributed by atoms with Gasteiger partial charge in [-0.2, -0.15) is 0 Å². The first kappa shape index (κ1) is 5.33. The van der Waals surface area contributed by atoms with Crippen molar-refractivity contribution in [2.24, 2.45) is 5.92 Å². The first-order valence-electron chi connectivity index (χ1n) is 2.72. The fourth-order valence-corrected chi connectivity index (χ4v) is 2.00. The summed E-state index contributed by atoms with van der Waals surface area (Å²) < 4.78 is 4.66. The molecule has 0 aromatic heterocycles. The van der Waals surface area contributed by atoms with Crippen LogP contribution in [0.3, 0.4) is 0 Å². The third kappa shape index (κ3) is 0.476. The average Bonchev–Trinajstić information content (AvgIpc) is 2.22. The summed E-state index contributed by atoms with van der Waals surface area (Å²) in [5.41, 5.74) is 0. The average molecular weight is 153 g/mol. The molecule has 8 heavy (non-hydrogen) atoms. The minimum Gasteiger partial charge on any atom is -0.375 e. The summed E-state index contributed by atoms with van der Waals surface area (Å²) in [6, 6.07) is 0. The number of rotatable bonds is 0. The zero-order valence-electron chi connectivity index (χ0n) is 4.23. The van der Waals surface area contributed by atoms with E-state index < -0.39 is 4.33 Å². The SMILES string of the molecule is ClC1(Cl)[C@@H]2CCO[C@@H]21. The van der Waals surface area contributed by atoms with Crippen molar-refractivity contribution >= 4 is 23.2 Å². The van der Waals surface area contributed by atoms with Crippen LogP contribution in [-0.4, -0.2) is 17.0 Å². The number of fused-ring (bicyclic) bond motifs is 1. The van der Waals surface area contributed by atoms with Gasteiger partial charge in [0.05, 0.1) is 6.10 Å². The van der Waals surface area contributed by atoms with Gasteiger partial charge in [-0.1, -0.05) is 23.2 Å². The van der Waals surface area contributed by atoms with Crippen molar-refractivity contribution in [2.75, 3.05) is 6.61 Å². The molecule has 2 rings (SSSR count). The largest absolute Gasteiger partial charge is 0.375 e. The molecular weight excluding hydrogens is 147 g/mol. The van der Waals surface area contributed by atoms with Gasteiger partial charge in [0, 0.05) is 12.5 Å². The van der Waals surface area contributed by atoms with Crippen molar-refractivity contribution in [3.63, 3.8) is 0 Å². The van der Waals surface area contributed by atoms with Crippen LogP contribution in [0.1, 0.15) is 6.42 Å². The van der Waals surface area contributed by atoms with Crippen molar-refractivity contribution < 1.29 is 4.74 Å². The third-order valence-electron chi connectivity index (χ3n) is 1.86. The Labute approximate surface area is 57.9 Å². The Morgan fingerprint density at radius 2 is 2.25 bits per heavy atom. The third-order valence-corrected chi connectivity index (χ3v) is 2.85. The monoisotopic (exact) mass is 152 g/mol. The fraction of sp³-hybridized carbons (Fsp3) is 1.00. The molecular formula is C5H6Cl2O. The standard InChI is InChI=1S/C5H6Cl2O/c6-5(7)3-1-2-8-4(3)5/h3-4H,1-2H2/t3-,4+/m1/s1. The molecule has 1 nitrogen and oxygen atoms in total. The van der Waals surface area contributed by atoms with Gasteiger partial charge >= 0.3 is 0 Å². The van der Waals surface area contributed by atoms with Gasteiger partial charge in [0.15, 0.2) is 0 Å². The van der Waals surface area contributed by atoms with Crippen LogP contribution < -0.4 is 0 Å². The Morgan fingerprint density at radius 1 is 1.50 bits per heavy atom. The molecule has 0 unspecified atom stereocenters. The Balaban J connectivity index is 2.13. The van der Waals surface area contributed by atoms with Crippen molar-refractivity contribution in [3.8, 4) is 0 Å². The van der Waals surface area contributed by atoms with Crippen LogP contribution in [-0.2, 0) is 4.74 Å². The summed E-state index contributed by atoms with van der Waals surface area (Å²) in [6.45, 7) is 0.844. The maximum absolute atomic E-state index is 5.75. The van der Waals surface area contributed by atoms with E-state index in [1.54, 1.807) is 0 Å². The molecule has 46 valence electrons. The zero-order chi connectivity index (χ0) is 5.78. The van der Waals surface area contributed by atoms with Crippen LogP contribution >= 0.6 is 23.2 Å². The molecule has 0 N–H and O–H groups in total. The summed E-state index contributed by atoms with van der Waals surface area (Å²) in [7, 11) is 0. The van der Waals surface area contributed by atoms with Gasteiger partial charge in [0.1, 0.15) is 4.33 Å². The second kappa shape index (κ2) is 1.34. The van der Waals surface area contributed by atoms with Crippen LogP contribution in [0.25, 0.3) is 0 Å². The number of alkyl halides is 2. The summed E-state index contributed by atoms with van der Waals surface area (Å²) in [5, 5.41) is 0. The predicted molar refractivity (Wildman–Crippen MR) is 32.3 cm³/mol. The maximum atomic E-state index is 5.75. The van der Waals surface area contributed by atoms with Crippen molar-refractivity contribution in [2.45, 2.75) is 16.9 Å². The lowest BCUT2D eigenvalue weighted by Crippen LogP contribution is -2.03. The molecule has 1 aliphatic carbocycles. The quantitative estimate of drug-likeness (QED) is 0.480. The molecule has 2 atom stereocenters. The van der Waals surface area contributed by atoms with Gasteiger partial charge in [-0.05, 0) is 6.42 Å². The minimum atomic E-state index is -0.516. The van der Waals surface area contributed by atoms with Crippen LogP contribution in [0, 0.1) is 5.92 Å². The second-order valence-electron chi connectivity index (χ2n) is 2.36. The highest BCUT2D eigenvalue weighted by atomic mass is 35.5. The lowest BCUT2D eigenvalue weighted by atomic mass is 10.3. The molecule has 0 aromatic carbocycles. The summed E-state index contributed by atoms with van der Waals surface area (Å²) in [5.74, 6) is 0.436. The Morgan fingerprint density at radius 3 is 2.50 bits per heavy atom. The van der Waals surface area contributed by atoms with E-state index >= 15 is 0 Å². The summed E-state index contributed by atoms with van der Waals surface area (Å²) in [6.07, 6.45) is 1.20. The van der Waals surface area contributed by atoms with E-state index in [0.29, 0.717) is 5.92 Å². The van der Waals surface area contributed by atoms with E-state index in [9.17, 15) is 0 Å². The topological polar surface area (TPSA) is 9.23 Å². The molecule has 0 radical (unpaired) electrons. The normalized spacial score (nSPS) is 48.8. The highest BCUT2D eigenvalue weighted by Gasteiger charge is 2.66. The van der Waals surface area contributed by atoms with E-state index in [1.807, 2.05) is 0 Å². The molecule has 3 heteroatoms. The van der Waals surface area contributed by atoms with Gasteiger partial charge in [-0.15, -0.1) is 0 Å². The van der Waals surface area contributed by atoms with Crippen LogP contribution in [0.2, 0.25) is 0 Å². The zero-order valence-corrected chi connectivity index (χ0v) is 5.74. The highest BCUT2D eigenvalue weighted by Crippen LogP contribution is 2.60. The number of hydrogen-bond donors (Lipinski definition) is 0. The lowest BCUT2D eigenvalue weighted by molar-refractivity contribution is 0.153. The summed E-state index contributed by atoms with van der Waals surface area (Å²) in [4.78, 5) is 0. The van der Waals surface area contributed by atoms with Crippen molar-refractivity contribution in [1.29, 1.82) is 0 Å². The van der Waals surface area contributed by atoms with E-state index in [-0.39, 0.29) is 6.10 Å².